The van der Waals surface area contributed by atoms with Gasteiger partial charge in [-0.2, -0.15) is 0 Å². The largest absolute Gasteiger partial charge is 0.256 e. The van der Waals surface area contributed by atoms with Crippen molar-refractivity contribution in [1.82, 2.24) is 4.98 Å². The second-order valence-corrected chi connectivity index (χ2v) is 4.08. The third-order valence-electron chi connectivity index (χ3n) is 2.60. The number of benzene rings is 1. The predicted molar refractivity (Wildman–Crippen MR) is 69.1 cm³/mol. The Morgan fingerprint density at radius 1 is 1.06 bits per heavy atom. The fraction of sp³-hybridized carbons (Fsp3) is 0.133. The van der Waals surface area contributed by atoms with Crippen molar-refractivity contribution >= 4 is 5.57 Å². The maximum atomic E-state index is 4.44. The highest BCUT2D eigenvalue weighted by Crippen LogP contribution is 2.19. The van der Waals surface area contributed by atoms with Crippen molar-refractivity contribution in [3.8, 4) is 11.3 Å². The number of pyridine rings is 1. The summed E-state index contributed by atoms with van der Waals surface area (Å²) in [4.78, 5) is 4.44. The molecule has 0 saturated heterocycles. The van der Waals surface area contributed by atoms with Crippen molar-refractivity contribution in [1.29, 1.82) is 0 Å². The van der Waals surface area contributed by atoms with Crippen LogP contribution in [0.1, 0.15) is 18.1 Å². The Hall–Kier alpha value is -1.89. The first-order valence-electron chi connectivity index (χ1n) is 5.36. The predicted octanol–water partition coefficient (Wildman–Crippen LogP) is 4.09. The second-order valence-electron chi connectivity index (χ2n) is 4.08. The van der Waals surface area contributed by atoms with E-state index in [9.17, 15) is 0 Å². The Morgan fingerprint density at radius 3 is 2.25 bits per heavy atom. The van der Waals surface area contributed by atoms with Gasteiger partial charge in [-0.15, -0.1) is 0 Å². The van der Waals surface area contributed by atoms with E-state index in [2.05, 4.69) is 48.8 Å². The van der Waals surface area contributed by atoms with Gasteiger partial charge in [-0.25, -0.2) is 0 Å². The molecule has 0 radical (unpaired) electrons. The smallest absolute Gasteiger partial charge is 0.0702 e. The molecule has 1 heteroatoms. The summed E-state index contributed by atoms with van der Waals surface area (Å²) in [6, 6.07) is 12.5. The van der Waals surface area contributed by atoms with E-state index in [1.807, 2.05) is 19.2 Å². The summed E-state index contributed by atoms with van der Waals surface area (Å²) >= 11 is 0. The number of aryl methyl sites for hydroxylation is 1. The van der Waals surface area contributed by atoms with Gasteiger partial charge in [0.05, 0.1) is 5.69 Å². The van der Waals surface area contributed by atoms with Crippen LogP contribution >= 0.6 is 0 Å². The molecule has 1 aromatic heterocycles. The Morgan fingerprint density at radius 2 is 1.75 bits per heavy atom. The average molecular weight is 209 g/mol. The molecule has 0 amide bonds. The number of nitrogens with zero attached hydrogens (tertiary/aromatic N) is 1. The Balaban J connectivity index is 2.34. The van der Waals surface area contributed by atoms with Gasteiger partial charge in [-0.05, 0) is 31.1 Å². The minimum Gasteiger partial charge on any atom is -0.256 e. The van der Waals surface area contributed by atoms with Crippen molar-refractivity contribution in [2.45, 2.75) is 13.8 Å². The summed E-state index contributed by atoms with van der Waals surface area (Å²) in [6.45, 7) is 7.97. The van der Waals surface area contributed by atoms with Crippen LogP contribution in [0.25, 0.3) is 16.8 Å². The topological polar surface area (TPSA) is 12.9 Å². The van der Waals surface area contributed by atoms with Crippen LogP contribution in [-0.2, 0) is 0 Å². The fourth-order valence-corrected chi connectivity index (χ4v) is 1.54. The molecule has 0 N–H and O–H groups in total. The summed E-state index contributed by atoms with van der Waals surface area (Å²) in [7, 11) is 0. The van der Waals surface area contributed by atoms with Crippen molar-refractivity contribution in [2.75, 3.05) is 0 Å². The van der Waals surface area contributed by atoms with Gasteiger partial charge < -0.3 is 0 Å². The van der Waals surface area contributed by atoms with Crippen LogP contribution in [0.15, 0.2) is 49.2 Å². The van der Waals surface area contributed by atoms with Gasteiger partial charge in [0.1, 0.15) is 0 Å². The van der Waals surface area contributed by atoms with Crippen LogP contribution < -0.4 is 0 Å². The number of hydrogen-bond acceptors (Lipinski definition) is 1. The lowest BCUT2D eigenvalue weighted by Gasteiger charge is -2.03. The molecule has 1 aromatic carbocycles. The molecular weight excluding hydrogens is 194 g/mol. The third kappa shape index (κ3) is 2.19. The highest BCUT2D eigenvalue weighted by Gasteiger charge is 1.99. The zero-order valence-electron chi connectivity index (χ0n) is 9.70. The molecule has 0 saturated carbocycles. The Bertz CT molecular complexity index is 492. The molecule has 1 nitrogen and oxygen atoms in total. The molecule has 0 aliphatic rings. The van der Waals surface area contributed by atoms with Crippen LogP contribution in [0.3, 0.4) is 0 Å². The van der Waals surface area contributed by atoms with Gasteiger partial charge in [0.2, 0.25) is 0 Å². The van der Waals surface area contributed by atoms with Gasteiger partial charge in [-0.1, -0.05) is 42.5 Å². The van der Waals surface area contributed by atoms with Crippen molar-refractivity contribution in [3.05, 3.63) is 60.3 Å². The Labute approximate surface area is 96.5 Å². The molecule has 16 heavy (non-hydrogen) atoms. The maximum absolute atomic E-state index is 4.44. The highest BCUT2D eigenvalue weighted by molar-refractivity contribution is 5.65. The van der Waals surface area contributed by atoms with E-state index in [0.717, 1.165) is 22.4 Å². The molecule has 0 spiro atoms. The fourth-order valence-electron chi connectivity index (χ4n) is 1.54. The second kappa shape index (κ2) is 4.31. The van der Waals surface area contributed by atoms with Crippen molar-refractivity contribution in [2.24, 2.45) is 0 Å². The maximum Gasteiger partial charge on any atom is 0.0702 e. The van der Waals surface area contributed by atoms with Gasteiger partial charge in [0.15, 0.2) is 0 Å². The summed E-state index contributed by atoms with van der Waals surface area (Å²) in [6.07, 6.45) is 1.87. The summed E-state index contributed by atoms with van der Waals surface area (Å²) < 4.78 is 0. The summed E-state index contributed by atoms with van der Waals surface area (Å²) in [5.41, 5.74) is 5.56. The monoisotopic (exact) mass is 209 g/mol. The molecule has 0 aliphatic carbocycles. The lowest BCUT2D eigenvalue weighted by molar-refractivity contribution is 1.30. The van der Waals surface area contributed by atoms with E-state index in [0.29, 0.717) is 0 Å². The SMILES string of the molecule is C=C(C)c1ccc(-c2ccc(C)cc2)nc1. The molecule has 0 atom stereocenters. The van der Waals surface area contributed by atoms with Crippen LogP contribution in [0.2, 0.25) is 0 Å². The molecular formula is C15H15N. The van der Waals surface area contributed by atoms with E-state index in [1.54, 1.807) is 0 Å². The third-order valence-corrected chi connectivity index (χ3v) is 2.60. The zero-order valence-corrected chi connectivity index (χ0v) is 9.70. The van der Waals surface area contributed by atoms with Crippen LogP contribution in [-0.4, -0.2) is 4.98 Å². The lowest BCUT2D eigenvalue weighted by atomic mass is 10.1. The van der Waals surface area contributed by atoms with Crippen LogP contribution in [0.4, 0.5) is 0 Å². The standard InChI is InChI=1S/C15H15N/c1-11(2)14-8-9-15(16-10-14)13-6-4-12(3)5-7-13/h4-10H,1H2,2-3H3. The van der Waals surface area contributed by atoms with Crippen molar-refractivity contribution < 1.29 is 0 Å². The molecule has 2 aromatic rings. The summed E-state index contributed by atoms with van der Waals surface area (Å²) in [5.74, 6) is 0. The van der Waals surface area contributed by atoms with Gasteiger partial charge in [-0.3, -0.25) is 4.98 Å². The number of rotatable bonds is 2. The quantitative estimate of drug-likeness (QED) is 0.726. The number of hydrogen-bond donors (Lipinski definition) is 0. The van der Waals surface area contributed by atoms with E-state index in [1.165, 1.54) is 5.56 Å². The number of allylic oxidation sites excluding steroid dienone is 1. The van der Waals surface area contributed by atoms with Crippen LogP contribution in [0, 0.1) is 6.92 Å². The molecule has 1 heterocycles. The van der Waals surface area contributed by atoms with E-state index in [4.69, 9.17) is 0 Å². The highest BCUT2D eigenvalue weighted by atomic mass is 14.7. The molecule has 2 rings (SSSR count). The van der Waals surface area contributed by atoms with E-state index < -0.39 is 0 Å². The van der Waals surface area contributed by atoms with Crippen molar-refractivity contribution in [3.63, 3.8) is 0 Å². The summed E-state index contributed by atoms with van der Waals surface area (Å²) in [5, 5.41) is 0. The minimum atomic E-state index is 1.00. The normalized spacial score (nSPS) is 10.1. The first kappa shape index (κ1) is 10.6. The zero-order chi connectivity index (χ0) is 11.5. The van der Waals surface area contributed by atoms with Gasteiger partial charge >= 0.3 is 0 Å². The molecule has 0 unspecified atom stereocenters. The molecule has 80 valence electrons. The van der Waals surface area contributed by atoms with Gasteiger partial charge in [0.25, 0.3) is 0 Å². The Kier molecular flexibility index (Phi) is 2.86. The van der Waals surface area contributed by atoms with Crippen LogP contribution in [0.5, 0.6) is 0 Å². The minimum absolute atomic E-state index is 1.00. The first-order chi connectivity index (χ1) is 7.66. The van der Waals surface area contributed by atoms with E-state index in [-0.39, 0.29) is 0 Å². The number of aromatic nitrogens is 1. The lowest BCUT2D eigenvalue weighted by Crippen LogP contribution is -1.86. The molecule has 0 bridgehead atoms. The molecule has 0 fully saturated rings. The molecule has 0 aliphatic heterocycles. The average Bonchev–Trinajstić information content (AvgIpc) is 2.30. The first-order valence-corrected chi connectivity index (χ1v) is 5.36. The van der Waals surface area contributed by atoms with Gasteiger partial charge in [0, 0.05) is 11.8 Å². The van der Waals surface area contributed by atoms with E-state index >= 15 is 0 Å².